The molecule has 0 radical (unpaired) electrons. The maximum absolute atomic E-state index is 11.3. The van der Waals surface area contributed by atoms with E-state index in [1.165, 1.54) is 6.07 Å². The molecule has 1 aromatic rings. The topological polar surface area (TPSA) is 107 Å². The van der Waals surface area contributed by atoms with Gasteiger partial charge in [-0.2, -0.15) is 0 Å². The highest BCUT2D eigenvalue weighted by atomic mass is 16.6. The Labute approximate surface area is 117 Å². The molecule has 0 aromatic heterocycles. The van der Waals surface area contributed by atoms with E-state index < -0.39 is 16.9 Å². The van der Waals surface area contributed by atoms with Crippen LogP contribution in [0.5, 0.6) is 5.75 Å². The lowest BCUT2D eigenvalue weighted by Crippen LogP contribution is -2.48. The van der Waals surface area contributed by atoms with E-state index in [4.69, 9.17) is 10.5 Å². The summed E-state index contributed by atoms with van der Waals surface area (Å²) in [5.74, 6) is -0.430. The first-order chi connectivity index (χ1) is 9.31. The summed E-state index contributed by atoms with van der Waals surface area (Å²) in [4.78, 5) is 21.7. The Morgan fingerprint density at radius 2 is 2.15 bits per heavy atom. The second-order valence-corrected chi connectivity index (χ2v) is 4.82. The Kier molecular flexibility index (Phi) is 5.45. The summed E-state index contributed by atoms with van der Waals surface area (Å²) in [7, 11) is 0. The predicted molar refractivity (Wildman–Crippen MR) is 74.6 cm³/mol. The largest absolute Gasteiger partial charge is 0.485 e. The van der Waals surface area contributed by atoms with Crippen molar-refractivity contribution in [1.29, 1.82) is 0 Å². The lowest BCUT2D eigenvalue weighted by Gasteiger charge is -2.18. The van der Waals surface area contributed by atoms with Gasteiger partial charge in [0.2, 0.25) is 5.91 Å². The van der Waals surface area contributed by atoms with Gasteiger partial charge in [0, 0.05) is 12.1 Å². The van der Waals surface area contributed by atoms with Crippen LogP contribution in [0.15, 0.2) is 18.2 Å². The van der Waals surface area contributed by atoms with E-state index in [0.29, 0.717) is 0 Å². The van der Waals surface area contributed by atoms with Crippen molar-refractivity contribution in [3.63, 3.8) is 0 Å². The number of nitrogens with zero attached hydrogens (tertiary/aromatic N) is 1. The molecule has 0 saturated heterocycles. The molecule has 20 heavy (non-hydrogen) atoms. The molecular weight excluding hydrogens is 262 g/mol. The number of hydrogen-bond acceptors (Lipinski definition) is 5. The zero-order valence-corrected chi connectivity index (χ0v) is 11.8. The number of amides is 1. The first-order valence-electron chi connectivity index (χ1n) is 6.24. The Hall–Kier alpha value is -2.15. The maximum atomic E-state index is 11.3. The van der Waals surface area contributed by atoms with E-state index in [0.717, 1.165) is 5.56 Å². The monoisotopic (exact) mass is 281 g/mol. The fourth-order valence-corrected chi connectivity index (χ4v) is 1.68. The van der Waals surface area contributed by atoms with Crippen LogP contribution in [0.25, 0.3) is 0 Å². The SMILES string of the molecule is Cc1ccc([N+](=O)[O-])c(OCC(NC(C)C)C(N)=O)c1. The smallest absolute Gasteiger partial charge is 0.310 e. The zero-order chi connectivity index (χ0) is 15.3. The summed E-state index contributed by atoms with van der Waals surface area (Å²) >= 11 is 0. The first kappa shape index (κ1) is 15.9. The molecule has 7 heteroatoms. The van der Waals surface area contributed by atoms with Crippen molar-refractivity contribution >= 4 is 11.6 Å². The van der Waals surface area contributed by atoms with E-state index in [1.807, 2.05) is 13.8 Å². The lowest BCUT2D eigenvalue weighted by molar-refractivity contribution is -0.385. The number of ether oxygens (including phenoxy) is 1. The molecule has 3 N–H and O–H groups in total. The van der Waals surface area contributed by atoms with Crippen LogP contribution in [0, 0.1) is 17.0 Å². The second-order valence-electron chi connectivity index (χ2n) is 4.82. The number of carbonyl (C=O) groups excluding carboxylic acids is 1. The highest BCUT2D eigenvalue weighted by molar-refractivity contribution is 5.80. The van der Waals surface area contributed by atoms with Crippen molar-refractivity contribution < 1.29 is 14.5 Å². The molecule has 0 spiro atoms. The molecule has 1 unspecified atom stereocenters. The van der Waals surface area contributed by atoms with Crippen LogP contribution in [0.4, 0.5) is 5.69 Å². The molecule has 0 aliphatic rings. The van der Waals surface area contributed by atoms with Crippen LogP contribution >= 0.6 is 0 Å². The third kappa shape index (κ3) is 4.51. The van der Waals surface area contributed by atoms with Crippen molar-refractivity contribution in [2.24, 2.45) is 5.73 Å². The van der Waals surface area contributed by atoms with Crippen LogP contribution in [0.2, 0.25) is 0 Å². The molecular formula is C13H19N3O4. The number of aryl methyl sites for hydroxylation is 1. The average molecular weight is 281 g/mol. The molecule has 1 aromatic carbocycles. The van der Waals surface area contributed by atoms with E-state index in [-0.39, 0.29) is 24.1 Å². The van der Waals surface area contributed by atoms with Crippen molar-refractivity contribution in [1.82, 2.24) is 5.32 Å². The van der Waals surface area contributed by atoms with E-state index >= 15 is 0 Å². The molecule has 0 aliphatic carbocycles. The molecule has 0 aliphatic heterocycles. The number of nitrogens with two attached hydrogens (primary N) is 1. The Bertz CT molecular complexity index is 502. The molecule has 1 rings (SSSR count). The van der Waals surface area contributed by atoms with Crippen molar-refractivity contribution in [3.8, 4) is 5.75 Å². The Balaban J connectivity index is 2.84. The van der Waals surface area contributed by atoms with Gasteiger partial charge in [-0.25, -0.2) is 0 Å². The van der Waals surface area contributed by atoms with Crippen LogP contribution < -0.4 is 15.8 Å². The average Bonchev–Trinajstić information content (AvgIpc) is 2.33. The fourth-order valence-electron chi connectivity index (χ4n) is 1.68. The molecule has 0 saturated carbocycles. The Morgan fingerprint density at radius 1 is 1.50 bits per heavy atom. The number of benzene rings is 1. The van der Waals surface area contributed by atoms with Crippen molar-refractivity contribution in [2.45, 2.75) is 32.9 Å². The normalized spacial score (nSPS) is 12.2. The zero-order valence-electron chi connectivity index (χ0n) is 11.8. The van der Waals surface area contributed by atoms with Gasteiger partial charge in [-0.05, 0) is 18.6 Å². The van der Waals surface area contributed by atoms with Gasteiger partial charge in [0.25, 0.3) is 0 Å². The Morgan fingerprint density at radius 3 is 2.65 bits per heavy atom. The summed E-state index contributed by atoms with van der Waals surface area (Å²) in [6.07, 6.45) is 0. The van der Waals surface area contributed by atoms with Gasteiger partial charge in [-0.3, -0.25) is 14.9 Å². The lowest BCUT2D eigenvalue weighted by atomic mass is 10.2. The standard InChI is InChI=1S/C13H19N3O4/c1-8(2)15-10(13(14)17)7-20-12-6-9(3)4-5-11(12)16(18)19/h4-6,8,10,15H,7H2,1-3H3,(H2,14,17). The summed E-state index contributed by atoms with van der Waals surface area (Å²) in [5.41, 5.74) is 5.96. The van der Waals surface area contributed by atoms with Crippen molar-refractivity contribution in [2.75, 3.05) is 6.61 Å². The van der Waals surface area contributed by atoms with Gasteiger partial charge >= 0.3 is 5.69 Å². The van der Waals surface area contributed by atoms with Gasteiger partial charge < -0.3 is 15.8 Å². The van der Waals surface area contributed by atoms with Gasteiger partial charge in [0.1, 0.15) is 12.6 Å². The summed E-state index contributed by atoms with van der Waals surface area (Å²) in [6, 6.07) is 3.91. The third-order valence-electron chi connectivity index (χ3n) is 2.60. The number of rotatable bonds is 7. The van der Waals surface area contributed by atoms with E-state index in [1.54, 1.807) is 19.1 Å². The summed E-state index contributed by atoms with van der Waals surface area (Å²) < 4.78 is 5.40. The molecule has 0 bridgehead atoms. The van der Waals surface area contributed by atoms with Crippen LogP contribution in [0.3, 0.4) is 0 Å². The second kappa shape index (κ2) is 6.85. The van der Waals surface area contributed by atoms with Gasteiger partial charge in [-0.1, -0.05) is 19.9 Å². The van der Waals surface area contributed by atoms with Crippen molar-refractivity contribution in [3.05, 3.63) is 33.9 Å². The molecule has 7 nitrogen and oxygen atoms in total. The van der Waals surface area contributed by atoms with Crippen LogP contribution in [-0.2, 0) is 4.79 Å². The fraction of sp³-hybridized carbons (Fsp3) is 0.462. The maximum Gasteiger partial charge on any atom is 0.310 e. The highest BCUT2D eigenvalue weighted by Gasteiger charge is 2.20. The van der Waals surface area contributed by atoms with E-state index in [2.05, 4.69) is 5.32 Å². The molecule has 1 atom stereocenters. The minimum atomic E-state index is -0.699. The molecule has 0 heterocycles. The molecule has 1 amide bonds. The number of carbonyl (C=O) groups is 1. The van der Waals surface area contributed by atoms with Gasteiger partial charge in [0.05, 0.1) is 4.92 Å². The number of nitrogens with one attached hydrogen (secondary N) is 1. The number of nitro benzene ring substituents is 1. The number of primary amides is 1. The van der Waals surface area contributed by atoms with Crippen LogP contribution in [-0.4, -0.2) is 29.5 Å². The number of nitro groups is 1. The van der Waals surface area contributed by atoms with E-state index in [9.17, 15) is 14.9 Å². The first-order valence-corrected chi connectivity index (χ1v) is 6.24. The van der Waals surface area contributed by atoms with Gasteiger partial charge in [-0.15, -0.1) is 0 Å². The molecule has 0 fully saturated rings. The molecule has 110 valence electrons. The predicted octanol–water partition coefficient (Wildman–Crippen LogP) is 1.13. The quantitative estimate of drug-likeness (QED) is 0.575. The highest BCUT2D eigenvalue weighted by Crippen LogP contribution is 2.27. The third-order valence-corrected chi connectivity index (χ3v) is 2.60. The number of hydrogen-bond donors (Lipinski definition) is 2. The van der Waals surface area contributed by atoms with Crippen LogP contribution in [0.1, 0.15) is 19.4 Å². The summed E-state index contributed by atoms with van der Waals surface area (Å²) in [5, 5.41) is 13.9. The van der Waals surface area contributed by atoms with Gasteiger partial charge in [0.15, 0.2) is 5.75 Å². The minimum Gasteiger partial charge on any atom is -0.485 e. The summed E-state index contributed by atoms with van der Waals surface area (Å²) in [6.45, 7) is 5.47. The minimum absolute atomic E-state index is 0.0450.